The first-order valence-corrected chi connectivity index (χ1v) is 5.45. The van der Waals surface area contributed by atoms with Crippen LogP contribution >= 0.6 is 0 Å². The summed E-state index contributed by atoms with van der Waals surface area (Å²) in [6.45, 7) is 0. The van der Waals surface area contributed by atoms with E-state index >= 15 is 0 Å². The molecule has 1 aromatic carbocycles. The number of aromatic nitrogens is 3. The highest BCUT2D eigenvalue weighted by Gasteiger charge is 2.08. The minimum atomic E-state index is 0.867. The van der Waals surface area contributed by atoms with E-state index in [1.54, 1.807) is 12.4 Å². The van der Waals surface area contributed by atoms with Crippen molar-refractivity contribution in [2.45, 2.75) is 0 Å². The maximum absolute atomic E-state index is 4.38. The summed E-state index contributed by atoms with van der Waals surface area (Å²) in [7, 11) is 0. The van der Waals surface area contributed by atoms with E-state index in [9.17, 15) is 0 Å². The van der Waals surface area contributed by atoms with Gasteiger partial charge in [-0.25, -0.2) is 4.98 Å². The molecule has 17 heavy (non-hydrogen) atoms. The first-order valence-electron chi connectivity index (χ1n) is 5.45. The van der Waals surface area contributed by atoms with Crippen LogP contribution in [0.3, 0.4) is 0 Å². The molecule has 0 bridgehead atoms. The summed E-state index contributed by atoms with van der Waals surface area (Å²) in [5, 5.41) is 0. The smallest absolute Gasteiger partial charge is 0.137 e. The lowest BCUT2D eigenvalue weighted by Crippen LogP contribution is -1.88. The standard InChI is InChI=1S/C14H11N3/c1-2-6-12(14-16-9-10-17-14)11(5-1)13-7-3-4-8-15-13/h1-10H,(H,16,17). The van der Waals surface area contributed by atoms with Gasteiger partial charge in [0, 0.05) is 29.7 Å². The Morgan fingerprint density at radius 1 is 0.765 bits per heavy atom. The average molecular weight is 221 g/mol. The average Bonchev–Trinajstić information content (AvgIpc) is 2.94. The van der Waals surface area contributed by atoms with Crippen LogP contribution in [0.25, 0.3) is 22.6 Å². The summed E-state index contributed by atoms with van der Waals surface area (Å²) in [4.78, 5) is 11.8. The van der Waals surface area contributed by atoms with Crippen LogP contribution in [-0.2, 0) is 0 Å². The highest BCUT2D eigenvalue weighted by atomic mass is 14.9. The van der Waals surface area contributed by atoms with Gasteiger partial charge in [0.2, 0.25) is 0 Å². The van der Waals surface area contributed by atoms with Gasteiger partial charge in [0.25, 0.3) is 0 Å². The molecule has 0 aliphatic carbocycles. The third kappa shape index (κ3) is 1.83. The van der Waals surface area contributed by atoms with Crippen molar-refractivity contribution >= 4 is 0 Å². The van der Waals surface area contributed by atoms with Gasteiger partial charge >= 0.3 is 0 Å². The molecule has 0 aliphatic rings. The summed E-state index contributed by atoms with van der Waals surface area (Å²) in [6.07, 6.45) is 5.38. The number of benzene rings is 1. The van der Waals surface area contributed by atoms with E-state index in [1.807, 2.05) is 42.6 Å². The molecule has 3 aromatic rings. The van der Waals surface area contributed by atoms with Gasteiger partial charge in [-0.3, -0.25) is 4.98 Å². The van der Waals surface area contributed by atoms with Crippen molar-refractivity contribution in [3.63, 3.8) is 0 Å². The van der Waals surface area contributed by atoms with Gasteiger partial charge in [-0.05, 0) is 12.1 Å². The number of H-pyrrole nitrogens is 1. The zero-order valence-electron chi connectivity index (χ0n) is 9.17. The molecular weight excluding hydrogens is 210 g/mol. The molecule has 1 N–H and O–H groups in total. The van der Waals surface area contributed by atoms with Crippen LogP contribution in [0.2, 0.25) is 0 Å². The van der Waals surface area contributed by atoms with Crippen molar-refractivity contribution in [1.29, 1.82) is 0 Å². The first-order chi connectivity index (χ1) is 8.45. The SMILES string of the molecule is c1ccc(-c2ccccc2-c2ncc[nH]2)nc1. The van der Waals surface area contributed by atoms with Crippen LogP contribution < -0.4 is 0 Å². The largest absolute Gasteiger partial charge is 0.345 e. The summed E-state index contributed by atoms with van der Waals surface area (Å²) in [5.41, 5.74) is 3.11. The molecule has 0 fully saturated rings. The molecule has 0 saturated heterocycles. The fourth-order valence-electron chi connectivity index (χ4n) is 1.85. The first kappa shape index (κ1) is 9.78. The van der Waals surface area contributed by atoms with Crippen LogP contribution in [0.15, 0.2) is 61.1 Å². The Morgan fingerprint density at radius 2 is 1.59 bits per heavy atom. The van der Waals surface area contributed by atoms with Gasteiger partial charge in [-0.2, -0.15) is 0 Å². The molecule has 0 aliphatic heterocycles. The third-order valence-electron chi connectivity index (χ3n) is 2.62. The highest BCUT2D eigenvalue weighted by molar-refractivity contribution is 5.78. The Bertz CT molecular complexity index is 600. The minimum Gasteiger partial charge on any atom is -0.345 e. The van der Waals surface area contributed by atoms with Crippen molar-refractivity contribution in [3.05, 3.63) is 61.1 Å². The van der Waals surface area contributed by atoms with Crippen molar-refractivity contribution in [2.24, 2.45) is 0 Å². The summed E-state index contributed by atoms with van der Waals surface area (Å²) < 4.78 is 0. The molecule has 2 heterocycles. The number of rotatable bonds is 2. The molecule has 0 radical (unpaired) electrons. The van der Waals surface area contributed by atoms with Crippen LogP contribution in [-0.4, -0.2) is 15.0 Å². The molecule has 82 valence electrons. The zero-order chi connectivity index (χ0) is 11.5. The topological polar surface area (TPSA) is 41.6 Å². The normalized spacial score (nSPS) is 10.4. The predicted molar refractivity (Wildman–Crippen MR) is 67.3 cm³/mol. The lowest BCUT2D eigenvalue weighted by molar-refractivity contribution is 1.29. The monoisotopic (exact) mass is 221 g/mol. The number of hydrogen-bond acceptors (Lipinski definition) is 2. The van der Waals surface area contributed by atoms with E-state index in [-0.39, 0.29) is 0 Å². The Kier molecular flexibility index (Phi) is 2.43. The van der Waals surface area contributed by atoms with Crippen molar-refractivity contribution in [3.8, 4) is 22.6 Å². The fourth-order valence-corrected chi connectivity index (χ4v) is 1.85. The number of pyridine rings is 1. The third-order valence-corrected chi connectivity index (χ3v) is 2.62. The molecule has 3 rings (SSSR count). The maximum Gasteiger partial charge on any atom is 0.137 e. The van der Waals surface area contributed by atoms with Crippen LogP contribution in [0.4, 0.5) is 0 Å². The minimum absolute atomic E-state index is 0.867. The molecule has 0 saturated carbocycles. The summed E-state index contributed by atoms with van der Waals surface area (Å²) in [6, 6.07) is 14.0. The predicted octanol–water partition coefficient (Wildman–Crippen LogP) is 3.14. The van der Waals surface area contributed by atoms with Gasteiger partial charge in [-0.15, -0.1) is 0 Å². The second-order valence-corrected chi connectivity index (χ2v) is 3.70. The number of hydrogen-bond donors (Lipinski definition) is 1. The Balaban J connectivity index is 2.18. The summed E-state index contributed by atoms with van der Waals surface area (Å²) >= 11 is 0. The molecular formula is C14H11N3. The maximum atomic E-state index is 4.38. The molecule has 0 unspecified atom stereocenters. The van der Waals surface area contributed by atoms with E-state index < -0.39 is 0 Å². The van der Waals surface area contributed by atoms with Gasteiger partial charge in [0.1, 0.15) is 5.82 Å². The molecule has 0 amide bonds. The number of nitrogens with one attached hydrogen (secondary N) is 1. The molecule has 3 nitrogen and oxygen atoms in total. The van der Waals surface area contributed by atoms with Crippen molar-refractivity contribution in [2.75, 3.05) is 0 Å². The van der Waals surface area contributed by atoms with Crippen LogP contribution in [0, 0.1) is 0 Å². The van der Waals surface area contributed by atoms with Crippen molar-refractivity contribution < 1.29 is 0 Å². The molecule has 0 spiro atoms. The molecule has 3 heteroatoms. The van der Waals surface area contributed by atoms with Gasteiger partial charge in [-0.1, -0.05) is 30.3 Å². The fraction of sp³-hybridized carbons (Fsp3) is 0. The van der Waals surface area contributed by atoms with Gasteiger partial charge in [0.15, 0.2) is 0 Å². The lowest BCUT2D eigenvalue weighted by atomic mass is 10.0. The highest BCUT2D eigenvalue weighted by Crippen LogP contribution is 2.28. The molecule has 0 atom stereocenters. The van der Waals surface area contributed by atoms with E-state index in [0.717, 1.165) is 22.6 Å². The van der Waals surface area contributed by atoms with Crippen LogP contribution in [0.5, 0.6) is 0 Å². The number of nitrogens with zero attached hydrogens (tertiary/aromatic N) is 2. The summed E-state index contributed by atoms with van der Waals surface area (Å²) in [5.74, 6) is 0.867. The van der Waals surface area contributed by atoms with Crippen molar-refractivity contribution in [1.82, 2.24) is 15.0 Å². The Morgan fingerprint density at radius 3 is 2.29 bits per heavy atom. The lowest BCUT2D eigenvalue weighted by Gasteiger charge is -2.06. The second-order valence-electron chi connectivity index (χ2n) is 3.70. The number of imidazole rings is 1. The molecule has 2 aromatic heterocycles. The number of aromatic amines is 1. The van der Waals surface area contributed by atoms with Gasteiger partial charge in [0.05, 0.1) is 5.69 Å². The Labute approximate surface area is 99.2 Å². The Hall–Kier alpha value is -2.42. The van der Waals surface area contributed by atoms with Gasteiger partial charge < -0.3 is 4.98 Å². The van der Waals surface area contributed by atoms with Crippen LogP contribution in [0.1, 0.15) is 0 Å². The second kappa shape index (κ2) is 4.22. The van der Waals surface area contributed by atoms with E-state index in [1.165, 1.54) is 0 Å². The van der Waals surface area contributed by atoms with E-state index in [0.29, 0.717) is 0 Å². The zero-order valence-corrected chi connectivity index (χ0v) is 9.17. The van der Waals surface area contributed by atoms with E-state index in [4.69, 9.17) is 0 Å². The van der Waals surface area contributed by atoms with E-state index in [2.05, 4.69) is 21.0 Å². The quantitative estimate of drug-likeness (QED) is 0.722.